The summed E-state index contributed by atoms with van der Waals surface area (Å²) in [6, 6.07) is 6.91. The molecular formula is C15H19N3O2S. The van der Waals surface area contributed by atoms with Crippen LogP contribution < -0.4 is 5.32 Å². The highest BCUT2D eigenvalue weighted by Gasteiger charge is 2.08. The molecule has 0 spiro atoms. The van der Waals surface area contributed by atoms with Crippen LogP contribution >= 0.6 is 0 Å². The number of sulfone groups is 1. The van der Waals surface area contributed by atoms with E-state index in [1.807, 2.05) is 29.8 Å². The van der Waals surface area contributed by atoms with E-state index >= 15 is 0 Å². The topological polar surface area (TPSA) is 64.0 Å². The van der Waals surface area contributed by atoms with Crippen molar-refractivity contribution in [3.05, 3.63) is 54.4 Å². The predicted molar refractivity (Wildman–Crippen MR) is 84.3 cm³/mol. The van der Waals surface area contributed by atoms with Crippen LogP contribution in [0.5, 0.6) is 0 Å². The fourth-order valence-corrected chi connectivity index (χ4v) is 2.64. The van der Waals surface area contributed by atoms with E-state index in [4.69, 9.17) is 0 Å². The Morgan fingerprint density at radius 1 is 1.33 bits per heavy atom. The first-order chi connectivity index (χ1) is 9.90. The quantitative estimate of drug-likeness (QED) is 0.831. The van der Waals surface area contributed by atoms with Gasteiger partial charge in [-0.25, -0.2) is 13.4 Å². The zero-order valence-corrected chi connectivity index (χ0v) is 13.0. The van der Waals surface area contributed by atoms with E-state index in [9.17, 15) is 8.42 Å². The number of aromatic nitrogens is 2. The van der Waals surface area contributed by atoms with Crippen LogP contribution in [0, 0.1) is 6.92 Å². The van der Waals surface area contributed by atoms with Gasteiger partial charge in [0.15, 0.2) is 9.84 Å². The molecule has 0 saturated heterocycles. The Bertz CT molecular complexity index is 731. The normalized spacial score (nSPS) is 11.3. The molecule has 2 rings (SSSR count). The maximum absolute atomic E-state index is 11.4. The lowest BCUT2D eigenvalue weighted by molar-refractivity contribution is 0.602. The van der Waals surface area contributed by atoms with Gasteiger partial charge in [-0.15, -0.1) is 6.58 Å². The third kappa shape index (κ3) is 3.95. The average Bonchev–Trinajstić information content (AvgIpc) is 2.76. The van der Waals surface area contributed by atoms with Crippen molar-refractivity contribution in [3.63, 3.8) is 0 Å². The molecule has 6 heteroatoms. The van der Waals surface area contributed by atoms with E-state index in [0.29, 0.717) is 18.0 Å². The van der Waals surface area contributed by atoms with Gasteiger partial charge in [0.2, 0.25) is 5.95 Å². The number of nitrogens with zero attached hydrogens (tertiary/aromatic N) is 2. The van der Waals surface area contributed by atoms with Crippen LogP contribution in [0.2, 0.25) is 0 Å². The Labute approximate surface area is 125 Å². The summed E-state index contributed by atoms with van der Waals surface area (Å²) in [6.45, 7) is 6.88. The second-order valence-electron chi connectivity index (χ2n) is 4.92. The molecule has 0 aliphatic rings. The van der Waals surface area contributed by atoms with Crippen LogP contribution in [0.1, 0.15) is 11.3 Å². The first kappa shape index (κ1) is 15.3. The molecule has 1 aromatic carbocycles. The van der Waals surface area contributed by atoms with Crippen LogP contribution in [-0.2, 0) is 16.4 Å². The molecule has 1 N–H and O–H groups in total. The van der Waals surface area contributed by atoms with E-state index in [1.54, 1.807) is 18.2 Å². The molecule has 0 amide bonds. The number of benzene rings is 1. The van der Waals surface area contributed by atoms with Crippen molar-refractivity contribution < 1.29 is 8.42 Å². The minimum atomic E-state index is -3.15. The standard InChI is InChI=1S/C15H19N3O2S/c1-4-9-16-15-17-12(2)10-18(15)11-13-5-7-14(8-6-13)21(3,19)20/h4-8,10H,1,9,11H2,2-3H3,(H,16,17). The average molecular weight is 305 g/mol. The van der Waals surface area contributed by atoms with E-state index in [0.717, 1.165) is 17.2 Å². The zero-order chi connectivity index (χ0) is 15.5. The highest BCUT2D eigenvalue weighted by atomic mass is 32.2. The van der Waals surface area contributed by atoms with Gasteiger partial charge in [-0.05, 0) is 24.6 Å². The second kappa shape index (κ2) is 6.13. The first-order valence-corrected chi connectivity index (χ1v) is 8.47. The Morgan fingerprint density at radius 2 is 2.00 bits per heavy atom. The van der Waals surface area contributed by atoms with Gasteiger partial charge in [0.1, 0.15) is 0 Å². The molecule has 112 valence electrons. The lowest BCUT2D eigenvalue weighted by Crippen LogP contribution is -2.08. The number of anilines is 1. The molecule has 1 aromatic heterocycles. The van der Waals surface area contributed by atoms with Gasteiger partial charge in [-0.2, -0.15) is 0 Å². The van der Waals surface area contributed by atoms with Crippen LogP contribution in [0.3, 0.4) is 0 Å². The van der Waals surface area contributed by atoms with Crippen LogP contribution in [0.15, 0.2) is 48.0 Å². The van der Waals surface area contributed by atoms with Crippen molar-refractivity contribution in [1.82, 2.24) is 9.55 Å². The van der Waals surface area contributed by atoms with Crippen molar-refractivity contribution in [3.8, 4) is 0 Å². The van der Waals surface area contributed by atoms with E-state index in [2.05, 4.69) is 16.9 Å². The molecule has 2 aromatic rings. The minimum Gasteiger partial charge on any atom is -0.352 e. The van der Waals surface area contributed by atoms with Gasteiger partial charge in [0.05, 0.1) is 17.1 Å². The van der Waals surface area contributed by atoms with Crippen molar-refractivity contribution in [2.75, 3.05) is 18.1 Å². The molecule has 1 heterocycles. The number of imidazole rings is 1. The summed E-state index contributed by atoms with van der Waals surface area (Å²) in [5.74, 6) is 0.777. The Morgan fingerprint density at radius 3 is 2.57 bits per heavy atom. The van der Waals surface area contributed by atoms with Gasteiger partial charge < -0.3 is 9.88 Å². The van der Waals surface area contributed by atoms with Gasteiger partial charge in [-0.3, -0.25) is 0 Å². The molecule has 0 aliphatic heterocycles. The third-order valence-electron chi connectivity index (χ3n) is 3.01. The van der Waals surface area contributed by atoms with Crippen LogP contribution in [-0.4, -0.2) is 30.8 Å². The smallest absolute Gasteiger partial charge is 0.203 e. The molecule has 0 fully saturated rings. The van der Waals surface area contributed by atoms with Crippen molar-refractivity contribution in [2.45, 2.75) is 18.4 Å². The SMILES string of the molecule is C=CCNc1nc(C)cn1Cc1ccc(S(C)(=O)=O)cc1. The Hall–Kier alpha value is -2.08. The van der Waals surface area contributed by atoms with Gasteiger partial charge in [0.25, 0.3) is 0 Å². The molecular weight excluding hydrogens is 286 g/mol. The summed E-state index contributed by atoms with van der Waals surface area (Å²) in [5, 5.41) is 3.18. The van der Waals surface area contributed by atoms with Gasteiger partial charge in [-0.1, -0.05) is 18.2 Å². The summed E-state index contributed by atoms with van der Waals surface area (Å²) in [7, 11) is -3.15. The van der Waals surface area contributed by atoms with Gasteiger partial charge >= 0.3 is 0 Å². The lowest BCUT2D eigenvalue weighted by Gasteiger charge is -2.09. The fourth-order valence-electron chi connectivity index (χ4n) is 2.01. The third-order valence-corrected chi connectivity index (χ3v) is 4.13. The lowest BCUT2D eigenvalue weighted by atomic mass is 10.2. The summed E-state index contributed by atoms with van der Waals surface area (Å²) in [6.07, 6.45) is 4.93. The molecule has 21 heavy (non-hydrogen) atoms. The van der Waals surface area contributed by atoms with Crippen molar-refractivity contribution >= 4 is 15.8 Å². The molecule has 0 atom stereocenters. The molecule has 0 saturated carbocycles. The number of rotatable bonds is 6. The van der Waals surface area contributed by atoms with E-state index in [-0.39, 0.29) is 0 Å². The monoisotopic (exact) mass is 305 g/mol. The summed E-state index contributed by atoms with van der Waals surface area (Å²) in [4.78, 5) is 4.74. The Kier molecular flexibility index (Phi) is 4.47. The maximum atomic E-state index is 11.4. The molecule has 0 bridgehead atoms. The van der Waals surface area contributed by atoms with Gasteiger partial charge in [0, 0.05) is 19.0 Å². The summed E-state index contributed by atoms with van der Waals surface area (Å²) in [5.41, 5.74) is 1.94. The Balaban J connectivity index is 2.20. The van der Waals surface area contributed by atoms with E-state index < -0.39 is 9.84 Å². The number of hydrogen-bond acceptors (Lipinski definition) is 4. The molecule has 0 aliphatic carbocycles. The van der Waals surface area contributed by atoms with E-state index in [1.165, 1.54) is 6.26 Å². The number of nitrogens with one attached hydrogen (secondary N) is 1. The zero-order valence-electron chi connectivity index (χ0n) is 12.2. The van der Waals surface area contributed by atoms with Crippen LogP contribution in [0.25, 0.3) is 0 Å². The minimum absolute atomic E-state index is 0.332. The molecule has 5 nitrogen and oxygen atoms in total. The molecule has 0 unspecified atom stereocenters. The number of hydrogen-bond donors (Lipinski definition) is 1. The van der Waals surface area contributed by atoms with Crippen molar-refractivity contribution in [2.24, 2.45) is 0 Å². The first-order valence-electron chi connectivity index (χ1n) is 6.57. The highest BCUT2D eigenvalue weighted by molar-refractivity contribution is 7.90. The number of aryl methyl sites for hydroxylation is 1. The maximum Gasteiger partial charge on any atom is 0.203 e. The highest BCUT2D eigenvalue weighted by Crippen LogP contribution is 2.14. The molecule has 0 radical (unpaired) electrons. The van der Waals surface area contributed by atoms with Crippen molar-refractivity contribution in [1.29, 1.82) is 0 Å². The summed E-state index contributed by atoms with van der Waals surface area (Å²) >= 11 is 0. The largest absolute Gasteiger partial charge is 0.352 e. The second-order valence-corrected chi connectivity index (χ2v) is 6.94. The van der Waals surface area contributed by atoms with Crippen LogP contribution in [0.4, 0.5) is 5.95 Å². The predicted octanol–water partition coefficient (Wildman–Crippen LogP) is 2.24. The summed E-state index contributed by atoms with van der Waals surface area (Å²) < 4.78 is 24.9. The fraction of sp³-hybridized carbons (Fsp3) is 0.267.